The van der Waals surface area contributed by atoms with Crippen LogP contribution in [0.4, 0.5) is 11.4 Å². The van der Waals surface area contributed by atoms with Crippen molar-refractivity contribution in [3.05, 3.63) is 88.0 Å². The van der Waals surface area contributed by atoms with Crippen LogP contribution in [0.1, 0.15) is 53.1 Å². The molecule has 3 aromatic rings. The van der Waals surface area contributed by atoms with Crippen molar-refractivity contribution in [3.8, 4) is 5.75 Å². The number of methoxy groups -OCH3 is 1. The molecule has 0 unspecified atom stereocenters. The van der Waals surface area contributed by atoms with Crippen molar-refractivity contribution in [1.29, 1.82) is 0 Å². The zero-order chi connectivity index (χ0) is 27.6. The van der Waals surface area contributed by atoms with E-state index in [4.69, 9.17) is 21.1 Å². The Hall–Kier alpha value is -3.55. The number of anilines is 2. The summed E-state index contributed by atoms with van der Waals surface area (Å²) in [5.41, 5.74) is 13.6. The number of ether oxygens (including phenoxy) is 2. The highest BCUT2D eigenvalue weighted by Crippen LogP contribution is 2.45. The molecular formula is C31H40N4O3. The third-order valence-electron chi connectivity index (χ3n) is 7.79. The lowest BCUT2D eigenvalue weighted by molar-refractivity contribution is -0.151. The van der Waals surface area contributed by atoms with Gasteiger partial charge in [0.05, 0.1) is 23.9 Å². The first-order chi connectivity index (χ1) is 18.0. The van der Waals surface area contributed by atoms with Gasteiger partial charge in [0, 0.05) is 38.2 Å². The minimum atomic E-state index is -0.843. The molecular weight excluding hydrogens is 476 g/mol. The monoisotopic (exact) mass is 516 g/mol. The van der Waals surface area contributed by atoms with Crippen LogP contribution < -0.4 is 21.3 Å². The molecule has 7 nitrogen and oxygen atoms in total. The second kappa shape index (κ2) is 11.1. The van der Waals surface area contributed by atoms with Crippen molar-refractivity contribution in [2.75, 3.05) is 38.1 Å². The normalized spacial score (nSPS) is 14.7. The van der Waals surface area contributed by atoms with Crippen molar-refractivity contribution in [3.63, 3.8) is 0 Å². The van der Waals surface area contributed by atoms with Gasteiger partial charge in [-0.25, -0.2) is 5.84 Å². The molecule has 3 aromatic carbocycles. The van der Waals surface area contributed by atoms with Crippen LogP contribution in [0, 0.1) is 19.3 Å². The van der Waals surface area contributed by atoms with Gasteiger partial charge in [-0.1, -0.05) is 42.5 Å². The van der Waals surface area contributed by atoms with Gasteiger partial charge in [0.15, 0.2) is 0 Å². The molecule has 4 rings (SSSR count). The van der Waals surface area contributed by atoms with Crippen molar-refractivity contribution in [1.82, 2.24) is 4.90 Å². The number of nitrogen functional groups attached to an aromatic ring is 1. The fourth-order valence-electron chi connectivity index (χ4n) is 5.51. The zero-order valence-electron chi connectivity index (χ0n) is 23.4. The molecule has 7 heteroatoms. The van der Waals surface area contributed by atoms with E-state index in [-0.39, 0.29) is 11.9 Å². The average Bonchev–Trinajstić information content (AvgIpc) is 3.09. The Balaban J connectivity index is 1.76. The third-order valence-corrected chi connectivity index (χ3v) is 7.79. The Labute approximate surface area is 226 Å². The van der Waals surface area contributed by atoms with Crippen LogP contribution in [0.3, 0.4) is 0 Å². The summed E-state index contributed by atoms with van der Waals surface area (Å²) in [4.78, 5) is 15.5. The summed E-state index contributed by atoms with van der Waals surface area (Å²) < 4.78 is 11.3. The van der Waals surface area contributed by atoms with Crippen LogP contribution in [-0.2, 0) is 22.6 Å². The van der Waals surface area contributed by atoms with E-state index in [2.05, 4.69) is 42.2 Å². The molecule has 0 aromatic heterocycles. The summed E-state index contributed by atoms with van der Waals surface area (Å²) in [5.74, 6) is 6.42. The van der Waals surface area contributed by atoms with Crippen LogP contribution in [-0.4, -0.2) is 38.2 Å². The van der Waals surface area contributed by atoms with Gasteiger partial charge in [0.25, 0.3) is 0 Å². The molecule has 0 saturated carbocycles. The Morgan fingerprint density at radius 1 is 1.16 bits per heavy atom. The van der Waals surface area contributed by atoms with E-state index < -0.39 is 5.41 Å². The molecule has 0 spiro atoms. The third kappa shape index (κ3) is 5.35. The lowest BCUT2D eigenvalue weighted by atomic mass is 9.69. The largest absolute Gasteiger partial charge is 0.492 e. The van der Waals surface area contributed by atoms with Gasteiger partial charge in [0.1, 0.15) is 12.4 Å². The van der Waals surface area contributed by atoms with Gasteiger partial charge in [0.2, 0.25) is 0 Å². The van der Waals surface area contributed by atoms with Crippen molar-refractivity contribution in [2.45, 2.75) is 46.7 Å². The number of benzene rings is 3. The number of carbonyl (C=O) groups is 1. The van der Waals surface area contributed by atoms with Gasteiger partial charge in [-0.15, -0.1) is 0 Å². The molecule has 0 fully saturated rings. The number of fused-ring (bicyclic) bond motifs is 1. The maximum atomic E-state index is 13.1. The smallest absolute Gasteiger partial charge is 0.312 e. The van der Waals surface area contributed by atoms with E-state index in [0.717, 1.165) is 47.8 Å². The highest BCUT2D eigenvalue weighted by atomic mass is 16.5. The fourth-order valence-corrected chi connectivity index (χ4v) is 5.51. The van der Waals surface area contributed by atoms with E-state index >= 15 is 0 Å². The lowest BCUT2D eigenvalue weighted by Gasteiger charge is -2.35. The quantitative estimate of drug-likeness (QED) is 0.199. The Morgan fingerprint density at radius 2 is 1.89 bits per heavy atom. The molecule has 0 radical (unpaired) electrons. The van der Waals surface area contributed by atoms with Gasteiger partial charge in [-0.05, 0) is 67.6 Å². The second-order valence-electron chi connectivity index (χ2n) is 10.8. The highest BCUT2D eigenvalue weighted by molar-refractivity contribution is 5.80. The molecule has 1 aliphatic heterocycles. The molecule has 1 atom stereocenters. The van der Waals surface area contributed by atoms with Gasteiger partial charge < -0.3 is 20.2 Å². The standard InChI is InChI=1S/C31H40N4O3/c1-20-11-12-22(17-24(20)19-35-15-16-38-27-10-8-7-9-23(27)18-35)28(31(3,4)30(36)37-6)25-13-14-26(34(5)33)29(32)21(25)2/h7-14,17,28H,15-16,18-19,32-33H2,1-6H3/t28-/m1/s1. The molecule has 4 N–H and O–H groups in total. The number of carbonyl (C=O) groups excluding carboxylic acids is 1. The Morgan fingerprint density at radius 3 is 2.61 bits per heavy atom. The summed E-state index contributed by atoms with van der Waals surface area (Å²) in [6, 6.07) is 18.7. The first-order valence-electron chi connectivity index (χ1n) is 13.0. The molecule has 0 bridgehead atoms. The second-order valence-corrected chi connectivity index (χ2v) is 10.8. The predicted octanol–water partition coefficient (Wildman–Crippen LogP) is 4.92. The summed E-state index contributed by atoms with van der Waals surface area (Å²) in [6.07, 6.45) is 0. The maximum Gasteiger partial charge on any atom is 0.312 e. The van der Waals surface area contributed by atoms with E-state index in [1.807, 2.05) is 45.0 Å². The SMILES string of the molecule is COC(=O)C(C)(C)[C@H](c1ccc(C)c(CN2CCOc3ccccc3C2)c1)c1ccc(N(C)N)c(N)c1C. The molecule has 0 aliphatic carbocycles. The van der Waals surface area contributed by atoms with Crippen LogP contribution >= 0.6 is 0 Å². The van der Waals surface area contributed by atoms with Gasteiger partial charge in [-0.2, -0.15) is 0 Å². The number of nitrogens with two attached hydrogens (primary N) is 2. The van der Waals surface area contributed by atoms with Crippen LogP contribution in [0.25, 0.3) is 0 Å². The van der Waals surface area contributed by atoms with E-state index in [0.29, 0.717) is 12.3 Å². The first kappa shape index (κ1) is 27.5. The van der Waals surface area contributed by atoms with Crippen LogP contribution in [0.5, 0.6) is 5.75 Å². The van der Waals surface area contributed by atoms with Crippen molar-refractivity contribution < 1.29 is 14.3 Å². The van der Waals surface area contributed by atoms with E-state index in [9.17, 15) is 4.79 Å². The van der Waals surface area contributed by atoms with Crippen LogP contribution in [0.2, 0.25) is 0 Å². The van der Waals surface area contributed by atoms with E-state index in [1.54, 1.807) is 7.05 Å². The first-order valence-corrected chi connectivity index (χ1v) is 13.0. The average molecular weight is 517 g/mol. The lowest BCUT2D eigenvalue weighted by Crippen LogP contribution is -2.34. The highest BCUT2D eigenvalue weighted by Gasteiger charge is 2.41. The maximum absolute atomic E-state index is 13.1. The van der Waals surface area contributed by atoms with E-state index in [1.165, 1.54) is 28.8 Å². The molecule has 0 amide bonds. The summed E-state index contributed by atoms with van der Waals surface area (Å²) in [6.45, 7) is 11.1. The predicted molar refractivity (Wildman–Crippen MR) is 153 cm³/mol. The molecule has 38 heavy (non-hydrogen) atoms. The van der Waals surface area contributed by atoms with Gasteiger partial charge in [-0.3, -0.25) is 9.69 Å². The van der Waals surface area contributed by atoms with Crippen LogP contribution in [0.15, 0.2) is 54.6 Å². The number of rotatable bonds is 7. The number of esters is 1. The Bertz CT molecular complexity index is 1320. The number of hydrazine groups is 1. The minimum Gasteiger partial charge on any atom is -0.492 e. The summed E-state index contributed by atoms with van der Waals surface area (Å²) >= 11 is 0. The van der Waals surface area contributed by atoms with Crippen molar-refractivity contribution >= 4 is 17.3 Å². The molecule has 1 heterocycles. The summed E-state index contributed by atoms with van der Waals surface area (Å²) in [5, 5.41) is 1.51. The minimum absolute atomic E-state index is 0.274. The Kier molecular flexibility index (Phi) is 7.99. The zero-order valence-corrected chi connectivity index (χ0v) is 23.4. The summed E-state index contributed by atoms with van der Waals surface area (Å²) in [7, 11) is 3.20. The number of hydrogen-bond donors (Lipinski definition) is 2. The topological polar surface area (TPSA) is 94.0 Å². The number of nitrogens with zero attached hydrogens (tertiary/aromatic N) is 2. The number of aryl methyl sites for hydroxylation is 1. The van der Waals surface area contributed by atoms with Gasteiger partial charge >= 0.3 is 5.97 Å². The number of hydrogen-bond acceptors (Lipinski definition) is 7. The molecule has 0 saturated heterocycles. The molecule has 1 aliphatic rings. The number of para-hydroxylation sites is 1. The fraction of sp³-hybridized carbons (Fsp3) is 0.387. The van der Waals surface area contributed by atoms with Crippen molar-refractivity contribution in [2.24, 2.45) is 11.3 Å². The molecule has 202 valence electrons.